The van der Waals surface area contributed by atoms with Crippen LogP contribution in [0.25, 0.3) is 0 Å². The Labute approximate surface area is 145 Å². The van der Waals surface area contributed by atoms with Crippen LogP contribution in [-0.2, 0) is 11.3 Å². The van der Waals surface area contributed by atoms with E-state index in [0.29, 0.717) is 17.3 Å². The van der Waals surface area contributed by atoms with Gasteiger partial charge in [-0.3, -0.25) is 4.79 Å². The molecule has 0 radical (unpaired) electrons. The highest BCUT2D eigenvalue weighted by Crippen LogP contribution is 2.49. The Morgan fingerprint density at radius 2 is 2.04 bits per heavy atom. The molecular weight excluding hydrogens is 333 g/mol. The van der Waals surface area contributed by atoms with Crippen molar-refractivity contribution in [3.63, 3.8) is 0 Å². The molecule has 1 N–H and O–H groups in total. The molecule has 2 atom stereocenters. The first-order valence-electron chi connectivity index (χ1n) is 7.44. The molecule has 3 rings (SSSR count). The number of hydrogen-bond acceptors (Lipinski definition) is 2. The van der Waals surface area contributed by atoms with Crippen molar-refractivity contribution in [3.05, 3.63) is 63.6 Å². The first kappa shape index (κ1) is 16.2. The van der Waals surface area contributed by atoms with Gasteiger partial charge in [-0.25, -0.2) is 0 Å². The van der Waals surface area contributed by atoms with Crippen LogP contribution in [0.2, 0.25) is 10.0 Å². The Morgan fingerprint density at radius 3 is 2.78 bits per heavy atom. The van der Waals surface area contributed by atoms with E-state index in [1.54, 1.807) is 25.3 Å². The topological polar surface area (TPSA) is 38.3 Å². The number of carbonyl (C=O) groups excluding carboxylic acids is 1. The van der Waals surface area contributed by atoms with Crippen molar-refractivity contribution in [1.29, 1.82) is 0 Å². The number of halogens is 2. The third-order valence-corrected chi connectivity index (χ3v) is 4.71. The third kappa shape index (κ3) is 3.62. The number of benzene rings is 2. The third-order valence-electron chi connectivity index (χ3n) is 4.13. The van der Waals surface area contributed by atoms with Crippen molar-refractivity contribution >= 4 is 29.1 Å². The predicted octanol–water partition coefficient (Wildman–Crippen LogP) is 4.42. The molecule has 2 aromatic carbocycles. The first-order chi connectivity index (χ1) is 11.1. The smallest absolute Gasteiger partial charge is 0.224 e. The summed E-state index contributed by atoms with van der Waals surface area (Å²) >= 11 is 12.2. The van der Waals surface area contributed by atoms with Crippen molar-refractivity contribution in [2.75, 3.05) is 7.11 Å². The molecular formula is C18H17Cl2NO2. The molecule has 1 saturated carbocycles. The molecule has 120 valence electrons. The summed E-state index contributed by atoms with van der Waals surface area (Å²) in [5.41, 5.74) is 1.91. The summed E-state index contributed by atoms with van der Waals surface area (Å²) < 4.78 is 5.29. The van der Waals surface area contributed by atoms with E-state index in [2.05, 4.69) is 5.32 Å². The Hall–Kier alpha value is -1.71. The molecule has 0 heterocycles. The first-order valence-corrected chi connectivity index (χ1v) is 8.20. The van der Waals surface area contributed by atoms with Gasteiger partial charge in [0.25, 0.3) is 0 Å². The molecule has 1 aliphatic carbocycles. The fraction of sp³-hybridized carbons (Fsp3) is 0.278. The monoisotopic (exact) mass is 349 g/mol. The molecule has 1 aliphatic rings. The minimum Gasteiger partial charge on any atom is -0.496 e. The van der Waals surface area contributed by atoms with Gasteiger partial charge in [0.05, 0.1) is 7.11 Å². The van der Waals surface area contributed by atoms with Crippen LogP contribution in [0.4, 0.5) is 0 Å². The second kappa shape index (κ2) is 6.81. The maximum Gasteiger partial charge on any atom is 0.224 e. The van der Waals surface area contributed by atoms with Crippen LogP contribution in [0.15, 0.2) is 42.5 Å². The fourth-order valence-corrected chi connectivity index (χ4v) is 3.27. The number of nitrogens with one attached hydrogen (secondary N) is 1. The molecule has 0 aromatic heterocycles. The highest BCUT2D eigenvalue weighted by Gasteiger charge is 2.44. The van der Waals surface area contributed by atoms with E-state index in [-0.39, 0.29) is 17.7 Å². The Morgan fingerprint density at radius 1 is 1.26 bits per heavy atom. The summed E-state index contributed by atoms with van der Waals surface area (Å²) in [4.78, 5) is 12.3. The van der Waals surface area contributed by atoms with E-state index in [1.807, 2.05) is 24.3 Å². The number of carbonyl (C=O) groups is 1. The lowest BCUT2D eigenvalue weighted by molar-refractivity contribution is -0.122. The minimum atomic E-state index is -0.0138. The zero-order valence-corrected chi connectivity index (χ0v) is 14.2. The van der Waals surface area contributed by atoms with Crippen molar-refractivity contribution in [3.8, 4) is 5.75 Å². The van der Waals surface area contributed by atoms with Gasteiger partial charge in [-0.05, 0) is 42.2 Å². The molecule has 0 spiro atoms. The molecule has 2 aromatic rings. The van der Waals surface area contributed by atoms with Gasteiger partial charge in [-0.2, -0.15) is 0 Å². The number of hydrogen-bond donors (Lipinski definition) is 1. The van der Waals surface area contributed by atoms with E-state index in [4.69, 9.17) is 27.9 Å². The van der Waals surface area contributed by atoms with Crippen molar-refractivity contribution in [2.24, 2.45) is 5.92 Å². The van der Waals surface area contributed by atoms with Gasteiger partial charge in [-0.15, -0.1) is 0 Å². The van der Waals surface area contributed by atoms with Crippen molar-refractivity contribution in [2.45, 2.75) is 18.9 Å². The van der Waals surface area contributed by atoms with E-state index in [9.17, 15) is 4.79 Å². The van der Waals surface area contributed by atoms with Crippen LogP contribution in [-0.4, -0.2) is 13.0 Å². The lowest BCUT2D eigenvalue weighted by Gasteiger charge is -2.10. The fourth-order valence-electron chi connectivity index (χ4n) is 2.80. The van der Waals surface area contributed by atoms with Crippen LogP contribution in [0.3, 0.4) is 0 Å². The highest BCUT2D eigenvalue weighted by atomic mass is 35.5. The number of ether oxygens (including phenoxy) is 1. The van der Waals surface area contributed by atoms with Gasteiger partial charge in [0.1, 0.15) is 5.75 Å². The van der Waals surface area contributed by atoms with E-state index < -0.39 is 0 Å². The number of rotatable bonds is 5. The van der Waals surface area contributed by atoms with E-state index in [1.165, 1.54) is 0 Å². The Balaban J connectivity index is 1.61. The molecule has 3 nitrogen and oxygen atoms in total. The predicted molar refractivity (Wildman–Crippen MR) is 92.2 cm³/mol. The van der Waals surface area contributed by atoms with Gasteiger partial charge in [-0.1, -0.05) is 41.4 Å². The molecule has 5 heteroatoms. The van der Waals surface area contributed by atoms with Gasteiger partial charge in [0.15, 0.2) is 0 Å². The van der Waals surface area contributed by atoms with Gasteiger partial charge >= 0.3 is 0 Å². The Bertz CT molecular complexity index is 733. The molecule has 2 unspecified atom stereocenters. The average Bonchev–Trinajstić information content (AvgIpc) is 3.33. The summed E-state index contributed by atoms with van der Waals surface area (Å²) in [6, 6.07) is 13.1. The SMILES string of the molecule is COc1ccc(Cl)cc1CNC(=O)C1CC1c1ccccc1Cl. The standard InChI is InChI=1S/C18H17Cl2NO2/c1-23-17-7-6-12(19)8-11(17)10-21-18(22)15-9-14(15)13-4-2-3-5-16(13)20/h2-8,14-15H,9-10H2,1H3,(H,21,22). The van der Waals surface area contributed by atoms with Crippen LogP contribution >= 0.6 is 23.2 Å². The zero-order chi connectivity index (χ0) is 16.4. The van der Waals surface area contributed by atoms with Crippen LogP contribution < -0.4 is 10.1 Å². The van der Waals surface area contributed by atoms with Crippen LogP contribution in [0, 0.1) is 5.92 Å². The van der Waals surface area contributed by atoms with Crippen LogP contribution in [0.5, 0.6) is 5.75 Å². The molecule has 1 fully saturated rings. The number of amides is 1. The summed E-state index contributed by atoms with van der Waals surface area (Å²) in [5.74, 6) is 0.954. The Kier molecular flexibility index (Phi) is 4.79. The van der Waals surface area contributed by atoms with Gasteiger partial charge in [0, 0.05) is 28.1 Å². The molecule has 1 amide bonds. The van der Waals surface area contributed by atoms with E-state index in [0.717, 1.165) is 22.6 Å². The molecule has 0 saturated heterocycles. The summed E-state index contributed by atoms with van der Waals surface area (Å²) in [6.45, 7) is 0.397. The molecule has 0 bridgehead atoms. The van der Waals surface area contributed by atoms with E-state index >= 15 is 0 Å². The summed E-state index contributed by atoms with van der Waals surface area (Å²) in [5, 5.41) is 4.31. The largest absolute Gasteiger partial charge is 0.496 e. The zero-order valence-electron chi connectivity index (χ0n) is 12.7. The molecule has 0 aliphatic heterocycles. The number of methoxy groups -OCH3 is 1. The molecule has 23 heavy (non-hydrogen) atoms. The highest BCUT2D eigenvalue weighted by molar-refractivity contribution is 6.31. The maximum atomic E-state index is 12.3. The van der Waals surface area contributed by atoms with Crippen molar-refractivity contribution < 1.29 is 9.53 Å². The van der Waals surface area contributed by atoms with Crippen LogP contribution in [0.1, 0.15) is 23.5 Å². The maximum absolute atomic E-state index is 12.3. The normalized spacial score (nSPS) is 19.3. The lowest BCUT2D eigenvalue weighted by atomic mass is 10.1. The minimum absolute atomic E-state index is 0.0138. The average molecular weight is 350 g/mol. The van der Waals surface area contributed by atoms with Gasteiger partial charge < -0.3 is 10.1 Å². The quantitative estimate of drug-likeness (QED) is 0.867. The van der Waals surface area contributed by atoms with Gasteiger partial charge in [0.2, 0.25) is 5.91 Å². The summed E-state index contributed by atoms with van der Waals surface area (Å²) in [7, 11) is 1.60. The second-order valence-electron chi connectivity index (χ2n) is 5.64. The lowest BCUT2D eigenvalue weighted by Crippen LogP contribution is -2.25. The van der Waals surface area contributed by atoms with Crippen molar-refractivity contribution in [1.82, 2.24) is 5.32 Å². The summed E-state index contributed by atoms with van der Waals surface area (Å²) in [6.07, 6.45) is 0.836. The second-order valence-corrected chi connectivity index (χ2v) is 6.49.